The zero-order chi connectivity index (χ0) is 9.54. The minimum atomic E-state index is 0.858. The van der Waals surface area contributed by atoms with Gasteiger partial charge in [0.25, 0.3) is 0 Å². The van der Waals surface area contributed by atoms with E-state index in [1.54, 1.807) is 4.88 Å². The second-order valence-corrected chi connectivity index (χ2v) is 6.13. The Balaban J connectivity index is 2.05. The third kappa shape index (κ3) is 1.51. The van der Waals surface area contributed by atoms with Crippen LogP contribution in [0.2, 0.25) is 0 Å². The van der Waals surface area contributed by atoms with Crippen molar-refractivity contribution in [2.24, 2.45) is 0 Å². The maximum absolute atomic E-state index is 4.40. The third-order valence-corrected chi connectivity index (χ3v) is 5.29. The van der Waals surface area contributed by atoms with E-state index in [1.807, 2.05) is 11.3 Å². The van der Waals surface area contributed by atoms with Crippen LogP contribution in [0.3, 0.4) is 0 Å². The number of halogens is 1. The van der Waals surface area contributed by atoms with Gasteiger partial charge in [0.1, 0.15) is 0 Å². The largest absolute Gasteiger partial charge is 0.209 e. The molecule has 0 amide bonds. The Morgan fingerprint density at radius 3 is 3.00 bits per heavy atom. The molecule has 0 aromatic carbocycles. The molecular formula is C9H7IN2S2. The van der Waals surface area contributed by atoms with E-state index in [1.165, 1.54) is 41.2 Å². The number of rotatable bonds is 1. The molecule has 0 radical (unpaired) electrons. The van der Waals surface area contributed by atoms with Crippen molar-refractivity contribution < 1.29 is 0 Å². The van der Waals surface area contributed by atoms with Gasteiger partial charge < -0.3 is 0 Å². The first-order valence-corrected chi connectivity index (χ1v) is 7.11. The Hall–Kier alpha value is -0.0100. The quantitative estimate of drug-likeness (QED) is 0.748. The summed E-state index contributed by atoms with van der Waals surface area (Å²) in [6.45, 7) is 0. The van der Waals surface area contributed by atoms with Crippen LogP contribution >= 0.6 is 45.5 Å². The monoisotopic (exact) mass is 334 g/mol. The molecule has 0 aliphatic heterocycles. The van der Waals surface area contributed by atoms with Crippen molar-refractivity contribution in [2.75, 3.05) is 0 Å². The molecule has 0 N–H and O–H groups in total. The Morgan fingerprint density at radius 2 is 2.29 bits per heavy atom. The number of thiophene rings is 1. The highest BCUT2D eigenvalue weighted by Gasteiger charge is 2.17. The van der Waals surface area contributed by atoms with Crippen LogP contribution in [0, 0.1) is 3.83 Å². The summed E-state index contributed by atoms with van der Waals surface area (Å²) in [5.74, 6) is 0. The number of fused-ring (bicyclic) bond motifs is 1. The molecule has 0 saturated heterocycles. The fraction of sp³-hybridized carbons (Fsp3) is 0.333. The molecule has 3 rings (SSSR count). The molecular weight excluding hydrogens is 327 g/mol. The molecule has 72 valence electrons. The first-order valence-electron chi connectivity index (χ1n) is 4.44. The second-order valence-electron chi connectivity index (χ2n) is 3.28. The fourth-order valence-corrected chi connectivity index (χ4v) is 4.29. The lowest BCUT2D eigenvalue weighted by Gasteiger charge is -1.87. The van der Waals surface area contributed by atoms with E-state index in [-0.39, 0.29) is 0 Å². The van der Waals surface area contributed by atoms with Crippen LogP contribution < -0.4 is 0 Å². The summed E-state index contributed by atoms with van der Waals surface area (Å²) in [6, 6.07) is 2.30. The summed E-state index contributed by atoms with van der Waals surface area (Å²) < 4.78 is 5.06. The molecule has 5 heteroatoms. The van der Waals surface area contributed by atoms with Gasteiger partial charge >= 0.3 is 0 Å². The molecule has 2 nitrogen and oxygen atoms in total. The fourth-order valence-electron chi connectivity index (χ4n) is 1.74. The summed E-state index contributed by atoms with van der Waals surface area (Å²) in [7, 11) is 0. The van der Waals surface area contributed by atoms with Crippen LogP contribution in [0.4, 0.5) is 0 Å². The van der Waals surface area contributed by atoms with Crippen LogP contribution in [0.5, 0.6) is 0 Å². The molecule has 0 spiro atoms. The Bertz CT molecular complexity index is 453. The molecule has 0 atom stereocenters. The van der Waals surface area contributed by atoms with Crippen LogP contribution in [0.15, 0.2) is 6.07 Å². The van der Waals surface area contributed by atoms with Crippen molar-refractivity contribution in [3.63, 3.8) is 0 Å². The summed E-state index contributed by atoms with van der Waals surface area (Å²) >= 11 is 5.55. The zero-order valence-corrected chi connectivity index (χ0v) is 11.1. The SMILES string of the molecule is Ic1nsc(-c2cc3c(s2)CCC3)n1. The maximum atomic E-state index is 4.40. The Labute approximate surface area is 104 Å². The molecule has 2 heterocycles. The summed E-state index contributed by atoms with van der Waals surface area (Å²) in [4.78, 5) is 7.26. The van der Waals surface area contributed by atoms with E-state index in [2.05, 4.69) is 38.0 Å². The van der Waals surface area contributed by atoms with E-state index < -0.39 is 0 Å². The highest BCUT2D eigenvalue weighted by Crippen LogP contribution is 2.37. The van der Waals surface area contributed by atoms with E-state index in [9.17, 15) is 0 Å². The minimum absolute atomic E-state index is 0.858. The molecule has 2 aromatic rings. The van der Waals surface area contributed by atoms with Crippen molar-refractivity contribution in [3.8, 4) is 9.88 Å². The normalized spacial score (nSPS) is 14.6. The lowest BCUT2D eigenvalue weighted by atomic mass is 10.2. The standard InChI is InChI=1S/C9H7IN2S2/c10-9-11-8(14-12-9)7-4-5-2-1-3-6(5)13-7/h4H,1-3H2. The van der Waals surface area contributed by atoms with Crippen LogP contribution in [-0.2, 0) is 12.8 Å². The molecule has 14 heavy (non-hydrogen) atoms. The minimum Gasteiger partial charge on any atom is -0.209 e. The number of aryl methyl sites for hydroxylation is 2. The van der Waals surface area contributed by atoms with Gasteiger partial charge in [0, 0.05) is 27.5 Å². The van der Waals surface area contributed by atoms with Crippen molar-refractivity contribution in [1.82, 2.24) is 9.36 Å². The highest BCUT2D eigenvalue weighted by atomic mass is 127. The van der Waals surface area contributed by atoms with Gasteiger partial charge in [-0.25, -0.2) is 4.98 Å². The van der Waals surface area contributed by atoms with Crippen molar-refractivity contribution in [2.45, 2.75) is 19.3 Å². The predicted molar refractivity (Wildman–Crippen MR) is 68.0 cm³/mol. The van der Waals surface area contributed by atoms with Crippen molar-refractivity contribution >= 4 is 45.5 Å². The first kappa shape index (κ1) is 9.23. The van der Waals surface area contributed by atoms with Gasteiger partial charge in [-0.15, -0.1) is 11.3 Å². The summed E-state index contributed by atoms with van der Waals surface area (Å²) in [5, 5.41) is 1.08. The van der Waals surface area contributed by atoms with Crippen LogP contribution in [-0.4, -0.2) is 9.36 Å². The topological polar surface area (TPSA) is 25.8 Å². The number of hydrogen-bond donors (Lipinski definition) is 0. The number of nitrogens with zero attached hydrogens (tertiary/aromatic N) is 2. The average molecular weight is 334 g/mol. The van der Waals surface area contributed by atoms with Crippen molar-refractivity contribution in [3.05, 3.63) is 20.3 Å². The smallest absolute Gasteiger partial charge is 0.203 e. The van der Waals surface area contributed by atoms with Gasteiger partial charge in [0.2, 0.25) is 3.83 Å². The van der Waals surface area contributed by atoms with Crippen LogP contribution in [0.1, 0.15) is 16.9 Å². The van der Waals surface area contributed by atoms with E-state index in [0.29, 0.717) is 0 Å². The van der Waals surface area contributed by atoms with E-state index in [4.69, 9.17) is 0 Å². The molecule has 0 unspecified atom stereocenters. The third-order valence-electron chi connectivity index (χ3n) is 2.36. The first-order chi connectivity index (χ1) is 6.83. The maximum Gasteiger partial charge on any atom is 0.203 e. The van der Waals surface area contributed by atoms with E-state index >= 15 is 0 Å². The van der Waals surface area contributed by atoms with Gasteiger partial charge in [-0.1, -0.05) is 0 Å². The molecule has 0 bridgehead atoms. The molecule has 1 aliphatic carbocycles. The van der Waals surface area contributed by atoms with Crippen LogP contribution in [0.25, 0.3) is 9.88 Å². The number of aromatic nitrogens is 2. The molecule has 2 aromatic heterocycles. The van der Waals surface area contributed by atoms with Gasteiger partial charge in [-0.05, 0) is 42.4 Å². The van der Waals surface area contributed by atoms with Gasteiger partial charge in [-0.2, -0.15) is 4.37 Å². The molecule has 0 fully saturated rings. The molecule has 0 saturated carbocycles. The Kier molecular flexibility index (Phi) is 2.33. The summed E-state index contributed by atoms with van der Waals surface area (Å²) in [5.41, 5.74) is 1.54. The molecule has 1 aliphatic rings. The average Bonchev–Trinajstić information content (AvgIpc) is 2.75. The van der Waals surface area contributed by atoms with Gasteiger partial charge in [0.05, 0.1) is 4.88 Å². The zero-order valence-electron chi connectivity index (χ0n) is 7.29. The van der Waals surface area contributed by atoms with Gasteiger partial charge in [0.15, 0.2) is 5.01 Å². The van der Waals surface area contributed by atoms with Gasteiger partial charge in [-0.3, -0.25) is 0 Å². The number of hydrogen-bond acceptors (Lipinski definition) is 4. The summed E-state index contributed by atoms with van der Waals surface area (Å²) in [6.07, 6.45) is 3.84. The second kappa shape index (κ2) is 3.53. The van der Waals surface area contributed by atoms with E-state index in [0.717, 1.165) is 8.84 Å². The lowest BCUT2D eigenvalue weighted by molar-refractivity contribution is 0.915. The lowest BCUT2D eigenvalue weighted by Crippen LogP contribution is -1.73. The predicted octanol–water partition coefficient (Wildman–Crippen LogP) is 3.36. The highest BCUT2D eigenvalue weighted by molar-refractivity contribution is 14.1. The Morgan fingerprint density at radius 1 is 1.36 bits per heavy atom. The van der Waals surface area contributed by atoms with Crippen molar-refractivity contribution in [1.29, 1.82) is 0 Å².